The SMILES string of the molecule is Nc1ncc(-c2cn(C3[C@H]4CN(C5COC5)C[C@@H]34)c(C3CC3)n2)cc1OC(F)F. The summed E-state index contributed by atoms with van der Waals surface area (Å²) in [5.41, 5.74) is 7.07. The van der Waals surface area contributed by atoms with Crippen molar-refractivity contribution in [1.82, 2.24) is 19.4 Å². The first-order valence-electron chi connectivity index (χ1n) is 10.2. The highest BCUT2D eigenvalue weighted by molar-refractivity contribution is 5.64. The van der Waals surface area contributed by atoms with Crippen LogP contribution in [-0.4, -0.2) is 58.4 Å². The number of imidazole rings is 1. The number of anilines is 1. The van der Waals surface area contributed by atoms with E-state index < -0.39 is 6.61 Å². The number of aromatic nitrogens is 3. The summed E-state index contributed by atoms with van der Waals surface area (Å²) in [5, 5.41) is 0. The number of ether oxygens (including phenoxy) is 2. The van der Waals surface area contributed by atoms with Crippen LogP contribution in [0.4, 0.5) is 14.6 Å². The molecule has 2 saturated carbocycles. The van der Waals surface area contributed by atoms with Crippen LogP contribution < -0.4 is 10.5 Å². The molecule has 0 radical (unpaired) electrons. The van der Waals surface area contributed by atoms with Gasteiger partial charge in [-0.1, -0.05) is 0 Å². The minimum absolute atomic E-state index is 0.0484. The molecule has 29 heavy (non-hydrogen) atoms. The van der Waals surface area contributed by atoms with Gasteiger partial charge in [-0.05, 0) is 30.7 Å². The fourth-order valence-electron chi connectivity index (χ4n) is 4.89. The van der Waals surface area contributed by atoms with Crippen LogP contribution in [0.5, 0.6) is 5.75 Å². The van der Waals surface area contributed by atoms with Gasteiger partial charge >= 0.3 is 6.61 Å². The van der Waals surface area contributed by atoms with Gasteiger partial charge < -0.3 is 19.8 Å². The van der Waals surface area contributed by atoms with Crippen LogP contribution in [0.3, 0.4) is 0 Å². The molecular weight excluding hydrogens is 380 g/mol. The highest BCUT2D eigenvalue weighted by atomic mass is 19.3. The van der Waals surface area contributed by atoms with Gasteiger partial charge in [0.25, 0.3) is 0 Å². The summed E-state index contributed by atoms with van der Waals surface area (Å²) < 4.78 is 37.5. The van der Waals surface area contributed by atoms with E-state index in [-0.39, 0.29) is 11.6 Å². The van der Waals surface area contributed by atoms with E-state index in [1.54, 1.807) is 6.20 Å². The standard InChI is InChI=1S/C20H23F2N5O2/c21-20(22)29-16-3-11(4-24-18(16)23)15-7-27(19(25-15)10-1-2-10)17-13-5-26(6-14(13)17)12-8-28-9-12/h3-4,7,10,12-14,17,20H,1-2,5-6,8-9H2,(H2,23,24)/t13-,14+,17?. The van der Waals surface area contributed by atoms with Gasteiger partial charge in [-0.15, -0.1) is 0 Å². The van der Waals surface area contributed by atoms with Crippen LogP contribution in [-0.2, 0) is 4.74 Å². The maximum atomic E-state index is 12.6. The van der Waals surface area contributed by atoms with Gasteiger partial charge in [0.1, 0.15) is 5.82 Å². The molecule has 2 saturated heterocycles. The lowest BCUT2D eigenvalue weighted by Crippen LogP contribution is -2.49. The average Bonchev–Trinajstić information content (AvgIpc) is 3.51. The van der Waals surface area contributed by atoms with Crippen molar-refractivity contribution >= 4 is 5.82 Å². The van der Waals surface area contributed by atoms with Gasteiger partial charge in [0.15, 0.2) is 11.6 Å². The summed E-state index contributed by atoms with van der Waals surface area (Å²) in [7, 11) is 0. The second-order valence-corrected chi connectivity index (χ2v) is 8.62. The normalized spacial score (nSPS) is 29.1. The number of nitrogens with two attached hydrogens (primary N) is 1. The molecule has 4 fully saturated rings. The van der Waals surface area contributed by atoms with E-state index in [9.17, 15) is 8.78 Å². The lowest BCUT2D eigenvalue weighted by atomic mass is 10.2. The Morgan fingerprint density at radius 1 is 1.21 bits per heavy atom. The van der Waals surface area contributed by atoms with E-state index in [2.05, 4.69) is 25.4 Å². The zero-order valence-corrected chi connectivity index (χ0v) is 15.9. The summed E-state index contributed by atoms with van der Waals surface area (Å²) in [5.74, 6) is 2.79. The maximum absolute atomic E-state index is 12.6. The molecule has 2 aromatic rings. The molecule has 6 rings (SSSR count). The smallest absolute Gasteiger partial charge is 0.387 e. The van der Waals surface area contributed by atoms with Crippen molar-refractivity contribution in [2.75, 3.05) is 32.0 Å². The Morgan fingerprint density at radius 3 is 2.59 bits per heavy atom. The minimum atomic E-state index is -2.94. The monoisotopic (exact) mass is 403 g/mol. The molecule has 0 amide bonds. The van der Waals surface area contributed by atoms with Crippen molar-refractivity contribution in [2.45, 2.75) is 37.5 Å². The van der Waals surface area contributed by atoms with Gasteiger partial charge in [0.05, 0.1) is 24.9 Å². The number of alkyl halides is 2. The van der Waals surface area contributed by atoms with Crippen molar-refractivity contribution in [3.8, 4) is 17.0 Å². The van der Waals surface area contributed by atoms with Crippen LogP contribution in [0.2, 0.25) is 0 Å². The third-order valence-corrected chi connectivity index (χ3v) is 6.73. The van der Waals surface area contributed by atoms with E-state index in [0.29, 0.717) is 35.4 Å². The Kier molecular flexibility index (Phi) is 3.86. The molecular formula is C20H23F2N5O2. The number of fused-ring (bicyclic) bond motifs is 1. The third-order valence-electron chi connectivity index (χ3n) is 6.73. The van der Waals surface area contributed by atoms with E-state index in [1.165, 1.54) is 6.07 Å². The Balaban J connectivity index is 1.27. The largest absolute Gasteiger partial charge is 0.431 e. The molecule has 4 heterocycles. The van der Waals surface area contributed by atoms with Crippen molar-refractivity contribution in [3.63, 3.8) is 0 Å². The molecule has 2 aliphatic carbocycles. The van der Waals surface area contributed by atoms with E-state index in [4.69, 9.17) is 15.5 Å². The molecule has 2 aliphatic heterocycles. The van der Waals surface area contributed by atoms with E-state index >= 15 is 0 Å². The van der Waals surface area contributed by atoms with Crippen LogP contribution >= 0.6 is 0 Å². The molecule has 4 aliphatic rings. The molecule has 0 spiro atoms. The Labute approximate surface area is 166 Å². The number of nitrogens with zero attached hydrogens (tertiary/aromatic N) is 4. The molecule has 2 N–H and O–H groups in total. The number of likely N-dealkylation sites (tertiary alicyclic amines) is 1. The minimum Gasteiger partial charge on any atom is -0.431 e. The van der Waals surface area contributed by atoms with Crippen molar-refractivity contribution in [3.05, 3.63) is 24.3 Å². The Hall–Kier alpha value is -2.26. The van der Waals surface area contributed by atoms with E-state index in [0.717, 1.165) is 50.7 Å². The highest BCUT2D eigenvalue weighted by Crippen LogP contribution is 2.58. The van der Waals surface area contributed by atoms with Crippen LogP contribution in [0.25, 0.3) is 11.3 Å². The maximum Gasteiger partial charge on any atom is 0.387 e. The molecule has 154 valence electrons. The number of hydrogen-bond acceptors (Lipinski definition) is 6. The predicted octanol–water partition coefficient (Wildman–Crippen LogP) is 2.51. The molecule has 2 aromatic heterocycles. The summed E-state index contributed by atoms with van der Waals surface area (Å²) in [6.45, 7) is 1.02. The van der Waals surface area contributed by atoms with E-state index in [1.807, 2.05) is 0 Å². The van der Waals surface area contributed by atoms with Crippen LogP contribution in [0.1, 0.15) is 30.6 Å². The van der Waals surface area contributed by atoms with Gasteiger partial charge in [-0.25, -0.2) is 9.97 Å². The summed E-state index contributed by atoms with van der Waals surface area (Å²) >= 11 is 0. The lowest BCUT2D eigenvalue weighted by molar-refractivity contribution is -0.0616. The summed E-state index contributed by atoms with van der Waals surface area (Å²) in [6, 6.07) is 2.59. The Morgan fingerprint density at radius 2 is 1.97 bits per heavy atom. The highest BCUT2D eigenvalue weighted by Gasteiger charge is 2.59. The molecule has 7 nitrogen and oxygen atoms in total. The predicted molar refractivity (Wildman–Crippen MR) is 101 cm³/mol. The molecule has 0 bridgehead atoms. The number of piperidine rings is 1. The van der Waals surface area contributed by atoms with Crippen LogP contribution in [0, 0.1) is 11.8 Å². The van der Waals surface area contributed by atoms with Crippen molar-refractivity contribution < 1.29 is 18.3 Å². The second kappa shape index (κ2) is 6.37. The molecule has 9 heteroatoms. The number of pyridine rings is 1. The molecule has 1 unspecified atom stereocenters. The van der Waals surface area contributed by atoms with Crippen molar-refractivity contribution in [1.29, 1.82) is 0 Å². The van der Waals surface area contributed by atoms with Gasteiger partial charge in [-0.2, -0.15) is 8.78 Å². The fourth-order valence-corrected chi connectivity index (χ4v) is 4.89. The van der Waals surface area contributed by atoms with Gasteiger partial charge in [0.2, 0.25) is 0 Å². The lowest BCUT2D eigenvalue weighted by Gasteiger charge is -2.36. The number of hydrogen-bond donors (Lipinski definition) is 1. The first kappa shape index (κ1) is 17.6. The molecule has 0 aromatic carbocycles. The fraction of sp³-hybridized carbons (Fsp3) is 0.600. The summed E-state index contributed by atoms with van der Waals surface area (Å²) in [4.78, 5) is 11.4. The summed E-state index contributed by atoms with van der Waals surface area (Å²) in [6.07, 6.45) is 5.95. The van der Waals surface area contributed by atoms with Gasteiger partial charge in [0, 0.05) is 43.0 Å². The first-order chi connectivity index (χ1) is 14.1. The molecule has 3 atom stereocenters. The quantitative estimate of drug-likeness (QED) is 0.799. The zero-order chi connectivity index (χ0) is 19.7. The zero-order valence-electron chi connectivity index (χ0n) is 15.9. The Bertz CT molecular complexity index is 931. The average molecular weight is 403 g/mol. The third kappa shape index (κ3) is 2.98. The number of rotatable bonds is 6. The first-order valence-corrected chi connectivity index (χ1v) is 10.2. The number of nitrogen functional groups attached to an aromatic ring is 1. The second-order valence-electron chi connectivity index (χ2n) is 8.62. The van der Waals surface area contributed by atoms with Crippen LogP contribution in [0.15, 0.2) is 18.5 Å². The van der Waals surface area contributed by atoms with Crippen molar-refractivity contribution in [2.24, 2.45) is 11.8 Å². The topological polar surface area (TPSA) is 78.4 Å². The number of halogens is 2. The van der Waals surface area contributed by atoms with Gasteiger partial charge in [-0.3, -0.25) is 4.90 Å².